The maximum Gasteiger partial charge on any atom is 0.251 e. The van der Waals surface area contributed by atoms with E-state index >= 15 is 0 Å². The molecule has 1 fully saturated rings. The van der Waals surface area contributed by atoms with Crippen LogP contribution in [0, 0.1) is 6.92 Å². The standard InChI is InChI=1S/C11H16N2O.C2H6/c1-8-2-3-10(13-11(8)14)9-4-6-12-7-5-9;1-2/h2-3,9,12H,4-7H2,1H3,(H,13,14);1-2H3. The topological polar surface area (TPSA) is 44.9 Å². The van der Waals surface area contributed by atoms with Crippen molar-refractivity contribution in [3.8, 4) is 0 Å². The highest BCUT2D eigenvalue weighted by molar-refractivity contribution is 5.16. The zero-order valence-corrected chi connectivity index (χ0v) is 10.5. The highest BCUT2D eigenvalue weighted by atomic mass is 16.1. The molecule has 0 spiro atoms. The molecule has 2 heterocycles. The van der Waals surface area contributed by atoms with Gasteiger partial charge in [-0.25, -0.2) is 0 Å². The molecule has 2 rings (SSSR count). The van der Waals surface area contributed by atoms with Gasteiger partial charge in [0.2, 0.25) is 0 Å². The van der Waals surface area contributed by atoms with Gasteiger partial charge in [-0.15, -0.1) is 0 Å². The fraction of sp³-hybridized carbons (Fsp3) is 0.615. The van der Waals surface area contributed by atoms with Gasteiger partial charge in [0.05, 0.1) is 0 Å². The number of H-pyrrole nitrogens is 1. The number of aromatic amines is 1. The Morgan fingerprint density at radius 2 is 1.81 bits per heavy atom. The van der Waals surface area contributed by atoms with Crippen LogP contribution in [-0.4, -0.2) is 18.1 Å². The maximum atomic E-state index is 11.4. The lowest BCUT2D eigenvalue weighted by molar-refractivity contribution is 0.452. The summed E-state index contributed by atoms with van der Waals surface area (Å²) in [5.74, 6) is 0.532. The number of rotatable bonds is 1. The van der Waals surface area contributed by atoms with Crippen LogP contribution in [0.4, 0.5) is 0 Å². The van der Waals surface area contributed by atoms with Gasteiger partial charge in [0.15, 0.2) is 0 Å². The Morgan fingerprint density at radius 1 is 1.19 bits per heavy atom. The third-order valence-electron chi connectivity index (χ3n) is 2.91. The Kier molecular flexibility index (Phi) is 5.26. The third-order valence-corrected chi connectivity index (χ3v) is 2.91. The first-order valence-corrected chi connectivity index (χ1v) is 6.18. The zero-order valence-electron chi connectivity index (χ0n) is 10.5. The summed E-state index contributed by atoms with van der Waals surface area (Å²) in [6.45, 7) is 7.95. The lowest BCUT2D eigenvalue weighted by Gasteiger charge is -2.22. The van der Waals surface area contributed by atoms with E-state index in [-0.39, 0.29) is 5.56 Å². The number of pyridine rings is 1. The Hall–Kier alpha value is -1.09. The van der Waals surface area contributed by atoms with E-state index in [0.29, 0.717) is 5.92 Å². The van der Waals surface area contributed by atoms with Crippen LogP contribution >= 0.6 is 0 Å². The monoisotopic (exact) mass is 222 g/mol. The number of hydrogen-bond donors (Lipinski definition) is 2. The first-order valence-electron chi connectivity index (χ1n) is 6.18. The molecule has 0 amide bonds. The fourth-order valence-corrected chi connectivity index (χ4v) is 1.93. The molecular formula is C13H22N2O. The normalized spacial score (nSPS) is 16.4. The zero-order chi connectivity index (χ0) is 12.0. The number of hydrogen-bond acceptors (Lipinski definition) is 2. The lowest BCUT2D eigenvalue weighted by atomic mass is 9.94. The predicted molar refractivity (Wildman–Crippen MR) is 68.0 cm³/mol. The van der Waals surface area contributed by atoms with Crippen molar-refractivity contribution in [1.82, 2.24) is 10.3 Å². The lowest BCUT2D eigenvalue weighted by Crippen LogP contribution is -2.28. The summed E-state index contributed by atoms with van der Waals surface area (Å²) in [5.41, 5.74) is 1.95. The molecule has 1 aliphatic rings. The van der Waals surface area contributed by atoms with Crippen molar-refractivity contribution >= 4 is 0 Å². The first-order chi connectivity index (χ1) is 7.77. The van der Waals surface area contributed by atoms with Crippen molar-refractivity contribution in [2.24, 2.45) is 0 Å². The molecule has 16 heavy (non-hydrogen) atoms. The molecule has 1 aliphatic heterocycles. The third kappa shape index (κ3) is 3.20. The molecule has 1 aromatic rings. The van der Waals surface area contributed by atoms with Gasteiger partial charge in [0.1, 0.15) is 0 Å². The van der Waals surface area contributed by atoms with Gasteiger partial charge in [-0.1, -0.05) is 19.9 Å². The summed E-state index contributed by atoms with van der Waals surface area (Å²) in [6.07, 6.45) is 2.25. The average Bonchev–Trinajstić information content (AvgIpc) is 2.36. The van der Waals surface area contributed by atoms with E-state index in [1.54, 1.807) is 0 Å². The summed E-state index contributed by atoms with van der Waals surface area (Å²) in [7, 11) is 0. The Morgan fingerprint density at radius 3 is 2.38 bits per heavy atom. The Balaban J connectivity index is 0.000000606. The highest BCUT2D eigenvalue weighted by Crippen LogP contribution is 2.22. The van der Waals surface area contributed by atoms with E-state index < -0.39 is 0 Å². The first kappa shape index (κ1) is 13.0. The Bertz CT molecular complexity index is 364. The van der Waals surface area contributed by atoms with Crippen molar-refractivity contribution in [3.63, 3.8) is 0 Å². The van der Waals surface area contributed by atoms with Gasteiger partial charge < -0.3 is 10.3 Å². The maximum absolute atomic E-state index is 11.4. The van der Waals surface area contributed by atoms with Gasteiger partial charge in [0, 0.05) is 17.2 Å². The second kappa shape index (κ2) is 6.48. The minimum Gasteiger partial charge on any atom is -0.326 e. The van der Waals surface area contributed by atoms with Gasteiger partial charge in [-0.05, 0) is 38.9 Å². The second-order valence-electron chi connectivity index (χ2n) is 3.95. The Labute approximate surface area is 97.3 Å². The summed E-state index contributed by atoms with van der Waals surface area (Å²) in [4.78, 5) is 14.4. The summed E-state index contributed by atoms with van der Waals surface area (Å²) < 4.78 is 0. The largest absolute Gasteiger partial charge is 0.326 e. The minimum atomic E-state index is 0.0565. The van der Waals surface area contributed by atoms with Crippen LogP contribution in [0.5, 0.6) is 0 Å². The van der Waals surface area contributed by atoms with Crippen LogP contribution in [0.2, 0.25) is 0 Å². The molecule has 0 aromatic carbocycles. The van der Waals surface area contributed by atoms with Crippen molar-refractivity contribution < 1.29 is 0 Å². The smallest absolute Gasteiger partial charge is 0.251 e. The SMILES string of the molecule is CC.Cc1ccc(C2CCNCC2)[nH]c1=O. The van der Waals surface area contributed by atoms with Crippen LogP contribution in [-0.2, 0) is 0 Å². The van der Waals surface area contributed by atoms with Crippen molar-refractivity contribution in [1.29, 1.82) is 0 Å². The van der Waals surface area contributed by atoms with Crippen molar-refractivity contribution in [2.75, 3.05) is 13.1 Å². The van der Waals surface area contributed by atoms with Gasteiger partial charge >= 0.3 is 0 Å². The highest BCUT2D eigenvalue weighted by Gasteiger charge is 2.15. The van der Waals surface area contributed by atoms with Crippen LogP contribution in [0.25, 0.3) is 0 Å². The molecule has 1 aromatic heterocycles. The summed E-state index contributed by atoms with van der Waals surface area (Å²) in [6, 6.07) is 3.96. The fourth-order valence-electron chi connectivity index (χ4n) is 1.93. The molecule has 2 N–H and O–H groups in total. The number of piperidine rings is 1. The van der Waals surface area contributed by atoms with Gasteiger partial charge in [-0.2, -0.15) is 0 Å². The molecule has 3 nitrogen and oxygen atoms in total. The molecule has 0 unspecified atom stereocenters. The molecule has 0 atom stereocenters. The van der Waals surface area contributed by atoms with E-state index in [0.717, 1.165) is 37.2 Å². The number of nitrogens with one attached hydrogen (secondary N) is 2. The van der Waals surface area contributed by atoms with Crippen molar-refractivity contribution in [3.05, 3.63) is 33.7 Å². The van der Waals surface area contributed by atoms with Crippen LogP contribution in [0.3, 0.4) is 0 Å². The second-order valence-corrected chi connectivity index (χ2v) is 3.95. The van der Waals surface area contributed by atoms with Crippen LogP contribution in [0.1, 0.15) is 43.9 Å². The van der Waals surface area contributed by atoms with Crippen LogP contribution < -0.4 is 10.9 Å². The molecule has 0 bridgehead atoms. The number of aromatic nitrogens is 1. The molecule has 0 saturated carbocycles. The quantitative estimate of drug-likeness (QED) is 0.765. The molecule has 90 valence electrons. The summed E-state index contributed by atoms with van der Waals surface area (Å²) in [5, 5.41) is 3.32. The van der Waals surface area contributed by atoms with Crippen LogP contribution in [0.15, 0.2) is 16.9 Å². The molecule has 0 aliphatic carbocycles. The average molecular weight is 222 g/mol. The molecule has 3 heteroatoms. The van der Waals surface area contributed by atoms with E-state index in [1.807, 2.05) is 32.9 Å². The minimum absolute atomic E-state index is 0.0565. The number of aryl methyl sites for hydroxylation is 1. The van der Waals surface area contributed by atoms with E-state index in [4.69, 9.17) is 0 Å². The van der Waals surface area contributed by atoms with E-state index in [2.05, 4.69) is 10.3 Å². The summed E-state index contributed by atoms with van der Waals surface area (Å²) >= 11 is 0. The van der Waals surface area contributed by atoms with Gasteiger partial charge in [-0.3, -0.25) is 4.79 Å². The predicted octanol–water partition coefficient (Wildman–Crippen LogP) is 2.18. The van der Waals surface area contributed by atoms with E-state index in [9.17, 15) is 4.79 Å². The molecule has 1 saturated heterocycles. The molecular weight excluding hydrogens is 200 g/mol. The molecule has 0 radical (unpaired) electrons. The van der Waals surface area contributed by atoms with E-state index in [1.165, 1.54) is 0 Å². The van der Waals surface area contributed by atoms with Gasteiger partial charge in [0.25, 0.3) is 5.56 Å². The van der Waals surface area contributed by atoms with Crippen molar-refractivity contribution in [2.45, 2.75) is 39.5 Å².